The van der Waals surface area contributed by atoms with Crippen molar-refractivity contribution in [2.75, 3.05) is 5.32 Å². The number of rotatable bonds is 5. The van der Waals surface area contributed by atoms with Crippen LogP contribution in [0, 0.1) is 6.92 Å². The second kappa shape index (κ2) is 8.46. The Morgan fingerprint density at radius 3 is 2.79 bits per heavy atom. The van der Waals surface area contributed by atoms with Crippen LogP contribution in [0.5, 0.6) is 0 Å². The van der Waals surface area contributed by atoms with Gasteiger partial charge in [-0.3, -0.25) is 9.78 Å². The van der Waals surface area contributed by atoms with Crippen LogP contribution in [0.25, 0.3) is 16.2 Å². The number of carbonyl (C=O) groups excluding carboxylic acids is 1. The summed E-state index contributed by atoms with van der Waals surface area (Å²) in [5.74, 6) is -0.147. The van der Waals surface area contributed by atoms with Crippen molar-refractivity contribution in [3.8, 4) is 11.1 Å². The van der Waals surface area contributed by atoms with E-state index >= 15 is 0 Å². The Hall–Kier alpha value is -2.39. The van der Waals surface area contributed by atoms with Crippen LogP contribution in [0.1, 0.15) is 31.5 Å². The van der Waals surface area contributed by atoms with Crippen molar-refractivity contribution in [2.24, 2.45) is 0 Å². The SMILES string of the molecule is C/C=C/C(=O)Nc1cccc(-c2cnc(C)c(/C(Cl)=C\CC)c2)c1. The lowest BCUT2D eigenvalue weighted by Gasteiger charge is -2.09. The van der Waals surface area contributed by atoms with Gasteiger partial charge >= 0.3 is 0 Å². The van der Waals surface area contributed by atoms with Crippen LogP contribution in [0.15, 0.2) is 54.8 Å². The maximum absolute atomic E-state index is 11.7. The molecule has 1 aromatic heterocycles. The Bertz CT molecular complexity index is 794. The molecule has 0 saturated carbocycles. The van der Waals surface area contributed by atoms with E-state index in [1.807, 2.05) is 63.4 Å². The third kappa shape index (κ3) is 4.56. The topological polar surface area (TPSA) is 42.0 Å². The zero-order valence-electron chi connectivity index (χ0n) is 14.1. The average Bonchev–Trinajstić information content (AvgIpc) is 2.56. The molecule has 1 heterocycles. The number of aromatic nitrogens is 1. The molecule has 4 heteroatoms. The van der Waals surface area contributed by atoms with Gasteiger partial charge in [0.15, 0.2) is 0 Å². The van der Waals surface area contributed by atoms with Crippen LogP contribution in [0.2, 0.25) is 0 Å². The molecule has 0 saturated heterocycles. The van der Waals surface area contributed by atoms with Gasteiger partial charge in [-0.2, -0.15) is 0 Å². The first-order chi connectivity index (χ1) is 11.5. The number of benzene rings is 1. The van der Waals surface area contributed by atoms with Crippen LogP contribution < -0.4 is 5.32 Å². The fraction of sp³-hybridized carbons (Fsp3) is 0.200. The van der Waals surface area contributed by atoms with Gasteiger partial charge in [-0.15, -0.1) is 0 Å². The average molecular weight is 341 g/mol. The fourth-order valence-electron chi connectivity index (χ4n) is 2.33. The summed E-state index contributed by atoms with van der Waals surface area (Å²) in [5, 5.41) is 3.55. The lowest BCUT2D eigenvalue weighted by Crippen LogP contribution is -2.07. The predicted molar refractivity (Wildman–Crippen MR) is 102 cm³/mol. The lowest BCUT2D eigenvalue weighted by molar-refractivity contribution is -0.111. The van der Waals surface area contributed by atoms with Crippen molar-refractivity contribution in [2.45, 2.75) is 27.2 Å². The van der Waals surface area contributed by atoms with Gasteiger partial charge in [0, 0.05) is 33.7 Å². The number of allylic oxidation sites excluding steroid dienone is 2. The minimum Gasteiger partial charge on any atom is -0.323 e. The van der Waals surface area contributed by atoms with Gasteiger partial charge in [-0.25, -0.2) is 0 Å². The van der Waals surface area contributed by atoms with Gasteiger partial charge in [0.05, 0.1) is 0 Å². The van der Waals surface area contributed by atoms with E-state index in [9.17, 15) is 4.79 Å². The van der Waals surface area contributed by atoms with Crippen molar-refractivity contribution in [1.29, 1.82) is 0 Å². The molecule has 0 radical (unpaired) electrons. The Balaban J connectivity index is 2.37. The van der Waals surface area contributed by atoms with Gasteiger partial charge < -0.3 is 5.32 Å². The molecule has 1 amide bonds. The van der Waals surface area contributed by atoms with E-state index in [-0.39, 0.29) is 5.91 Å². The van der Waals surface area contributed by atoms with E-state index in [0.717, 1.165) is 34.5 Å². The third-order valence-corrected chi connectivity index (χ3v) is 3.87. The Morgan fingerprint density at radius 1 is 1.29 bits per heavy atom. The molecule has 0 aliphatic rings. The number of hydrogen-bond donors (Lipinski definition) is 1. The predicted octanol–water partition coefficient (Wildman–Crippen LogP) is 5.56. The second-order valence-electron chi connectivity index (χ2n) is 5.39. The van der Waals surface area contributed by atoms with Crippen molar-refractivity contribution in [1.82, 2.24) is 4.98 Å². The van der Waals surface area contributed by atoms with Gasteiger partial charge in [0.1, 0.15) is 0 Å². The molecule has 0 atom stereocenters. The van der Waals surface area contributed by atoms with Crippen LogP contribution in [-0.4, -0.2) is 10.9 Å². The summed E-state index contributed by atoms with van der Waals surface area (Å²) in [7, 11) is 0. The molecule has 1 N–H and O–H groups in total. The summed E-state index contributed by atoms with van der Waals surface area (Å²) >= 11 is 6.36. The highest BCUT2D eigenvalue weighted by molar-refractivity contribution is 6.48. The van der Waals surface area contributed by atoms with E-state index in [1.165, 1.54) is 6.08 Å². The molecule has 0 aliphatic heterocycles. The molecule has 124 valence electrons. The zero-order valence-corrected chi connectivity index (χ0v) is 14.9. The molecular formula is C20H21ClN2O. The molecule has 24 heavy (non-hydrogen) atoms. The largest absolute Gasteiger partial charge is 0.323 e. The van der Waals surface area contributed by atoms with Gasteiger partial charge in [-0.05, 0) is 50.1 Å². The first-order valence-corrected chi connectivity index (χ1v) is 8.29. The Kier molecular flexibility index (Phi) is 6.33. The molecule has 0 bridgehead atoms. The monoisotopic (exact) mass is 340 g/mol. The van der Waals surface area contributed by atoms with Crippen molar-refractivity contribution < 1.29 is 4.79 Å². The standard InChI is InChI=1S/C20H21ClN2O/c1-4-7-19(21)18-12-16(13-22-14(18)3)15-9-6-10-17(11-15)23-20(24)8-5-2/h5-13H,4H2,1-3H3,(H,23,24)/b8-5+,19-7+. The smallest absolute Gasteiger partial charge is 0.248 e. The highest BCUT2D eigenvalue weighted by Crippen LogP contribution is 2.28. The number of nitrogens with one attached hydrogen (secondary N) is 1. The number of carbonyl (C=O) groups is 1. The van der Waals surface area contributed by atoms with Gasteiger partial charge in [0.2, 0.25) is 5.91 Å². The van der Waals surface area contributed by atoms with E-state index in [4.69, 9.17) is 11.6 Å². The molecule has 0 spiro atoms. The molecule has 0 fully saturated rings. The van der Waals surface area contributed by atoms with E-state index in [0.29, 0.717) is 5.03 Å². The minimum atomic E-state index is -0.147. The van der Waals surface area contributed by atoms with Crippen molar-refractivity contribution >= 4 is 28.2 Å². The summed E-state index contributed by atoms with van der Waals surface area (Å²) in [5.41, 5.74) is 4.50. The Labute approximate surface area is 148 Å². The summed E-state index contributed by atoms with van der Waals surface area (Å²) in [4.78, 5) is 16.1. The number of pyridine rings is 1. The third-order valence-electron chi connectivity index (χ3n) is 3.51. The maximum atomic E-state index is 11.7. The maximum Gasteiger partial charge on any atom is 0.248 e. The molecular weight excluding hydrogens is 320 g/mol. The number of anilines is 1. The number of hydrogen-bond acceptors (Lipinski definition) is 2. The van der Waals surface area contributed by atoms with Crippen LogP contribution in [0.3, 0.4) is 0 Å². The van der Waals surface area contributed by atoms with E-state index in [2.05, 4.69) is 10.3 Å². The lowest BCUT2D eigenvalue weighted by atomic mass is 10.0. The van der Waals surface area contributed by atoms with E-state index < -0.39 is 0 Å². The molecule has 2 aromatic rings. The normalized spacial score (nSPS) is 11.8. The number of amides is 1. The summed E-state index contributed by atoms with van der Waals surface area (Å²) in [6.07, 6.45) is 7.87. The summed E-state index contributed by atoms with van der Waals surface area (Å²) < 4.78 is 0. The number of aryl methyl sites for hydroxylation is 1. The quantitative estimate of drug-likeness (QED) is 0.724. The fourth-order valence-corrected chi connectivity index (χ4v) is 2.68. The van der Waals surface area contributed by atoms with Crippen LogP contribution in [-0.2, 0) is 4.79 Å². The summed E-state index contributed by atoms with van der Waals surface area (Å²) in [6, 6.07) is 9.71. The van der Waals surface area contributed by atoms with Gasteiger partial charge in [0.25, 0.3) is 0 Å². The molecule has 3 nitrogen and oxygen atoms in total. The van der Waals surface area contributed by atoms with Crippen molar-refractivity contribution in [3.63, 3.8) is 0 Å². The highest BCUT2D eigenvalue weighted by Gasteiger charge is 2.08. The number of nitrogens with zero attached hydrogens (tertiary/aromatic N) is 1. The number of halogens is 1. The first-order valence-electron chi connectivity index (χ1n) is 7.92. The van der Waals surface area contributed by atoms with Crippen LogP contribution >= 0.6 is 11.6 Å². The minimum absolute atomic E-state index is 0.147. The highest BCUT2D eigenvalue weighted by atomic mass is 35.5. The zero-order chi connectivity index (χ0) is 17.5. The summed E-state index contributed by atoms with van der Waals surface area (Å²) in [6.45, 7) is 5.80. The molecule has 0 unspecified atom stereocenters. The second-order valence-corrected chi connectivity index (χ2v) is 5.79. The first kappa shape index (κ1) is 18.0. The molecule has 1 aromatic carbocycles. The molecule has 0 aliphatic carbocycles. The van der Waals surface area contributed by atoms with E-state index in [1.54, 1.807) is 6.08 Å². The van der Waals surface area contributed by atoms with Gasteiger partial charge in [-0.1, -0.05) is 42.8 Å². The van der Waals surface area contributed by atoms with Crippen molar-refractivity contribution in [3.05, 3.63) is 66.0 Å². The van der Waals surface area contributed by atoms with Crippen LogP contribution in [0.4, 0.5) is 5.69 Å². The molecule has 2 rings (SSSR count). The Morgan fingerprint density at radius 2 is 2.08 bits per heavy atom.